The Morgan fingerprint density at radius 1 is 0.417 bits per heavy atom. The minimum absolute atomic E-state index is 0.0148. The van der Waals surface area contributed by atoms with E-state index in [4.69, 9.17) is 4.74 Å². The highest BCUT2D eigenvalue weighted by atomic mass is 16.5. The summed E-state index contributed by atoms with van der Waals surface area (Å²) in [5, 5.41) is 4.83. The molecule has 0 N–H and O–H groups in total. The molecule has 3 nitrogen and oxygen atoms in total. The summed E-state index contributed by atoms with van der Waals surface area (Å²) < 4.78 is 7.18. The van der Waals surface area contributed by atoms with Crippen molar-refractivity contribution in [3.63, 3.8) is 0 Å². The fraction of sp³-hybridized carbons (Fsp3) is 0.214. The van der Waals surface area contributed by atoms with Gasteiger partial charge in [0.15, 0.2) is 0 Å². The number of hydrogen-bond donors (Lipinski definition) is 0. The summed E-state index contributed by atoms with van der Waals surface area (Å²) in [6, 6.07) is 58.9. The summed E-state index contributed by atoms with van der Waals surface area (Å²) in [4.78, 5) is 4.92. The molecule has 2 aliphatic heterocycles. The molecule has 8 aromatic rings. The van der Waals surface area contributed by atoms with Gasteiger partial charge in [0, 0.05) is 34.5 Å². The zero-order valence-corrected chi connectivity index (χ0v) is 36.4. The van der Waals surface area contributed by atoms with Crippen LogP contribution in [0.4, 0.5) is 34.1 Å². The van der Waals surface area contributed by atoms with Crippen LogP contribution in [0.15, 0.2) is 158 Å². The van der Waals surface area contributed by atoms with Crippen molar-refractivity contribution in [2.24, 2.45) is 0 Å². The molecule has 0 fully saturated rings. The van der Waals surface area contributed by atoms with E-state index in [1.54, 1.807) is 0 Å². The van der Waals surface area contributed by atoms with Crippen molar-refractivity contribution in [1.82, 2.24) is 0 Å². The zero-order chi connectivity index (χ0) is 41.7. The minimum atomic E-state index is -0.0416. The van der Waals surface area contributed by atoms with Gasteiger partial charge < -0.3 is 14.5 Å². The van der Waals surface area contributed by atoms with Gasteiger partial charge in [-0.1, -0.05) is 159 Å². The van der Waals surface area contributed by atoms with E-state index >= 15 is 0 Å². The second kappa shape index (κ2) is 13.6. The molecule has 10 rings (SSSR count). The molecule has 0 amide bonds. The Bertz CT molecular complexity index is 2900. The first-order valence-corrected chi connectivity index (χ1v) is 21.4. The molecule has 2 aliphatic rings. The predicted octanol–water partition coefficient (Wildman–Crippen LogP) is 13.8. The van der Waals surface area contributed by atoms with Crippen molar-refractivity contribution in [1.29, 1.82) is 0 Å². The maximum absolute atomic E-state index is 7.18. The monoisotopic (exact) mass is 780 g/mol. The molecule has 2 heterocycles. The van der Waals surface area contributed by atoms with Gasteiger partial charge in [0.2, 0.25) is 0 Å². The van der Waals surface area contributed by atoms with Gasteiger partial charge in [-0.2, -0.15) is 0 Å². The molecule has 0 spiro atoms. The Morgan fingerprint density at radius 3 is 1.53 bits per heavy atom. The molecule has 0 aromatic heterocycles. The van der Waals surface area contributed by atoms with E-state index < -0.39 is 0 Å². The van der Waals surface area contributed by atoms with Crippen LogP contribution in [0, 0.1) is 0 Å². The summed E-state index contributed by atoms with van der Waals surface area (Å²) in [7, 11) is 0. The fourth-order valence-electron chi connectivity index (χ4n) is 9.26. The molecule has 0 bridgehead atoms. The van der Waals surface area contributed by atoms with Gasteiger partial charge in [-0.3, -0.25) is 0 Å². The predicted molar refractivity (Wildman–Crippen MR) is 258 cm³/mol. The van der Waals surface area contributed by atoms with Gasteiger partial charge in [0.05, 0.1) is 5.69 Å². The van der Waals surface area contributed by atoms with Gasteiger partial charge in [-0.05, 0) is 125 Å². The number of nitrogens with zero attached hydrogens (tertiary/aromatic N) is 2. The normalized spacial score (nSPS) is 13.5. The Labute approximate surface area is 356 Å². The van der Waals surface area contributed by atoms with E-state index in [-0.39, 0.29) is 23.0 Å². The Kier molecular flexibility index (Phi) is 8.64. The van der Waals surface area contributed by atoms with E-state index in [0.717, 1.165) is 39.9 Å². The molecule has 8 aromatic carbocycles. The number of fused-ring (bicyclic) bond motifs is 6. The Balaban J connectivity index is 1.28. The average Bonchev–Trinajstić information content (AvgIpc) is 3.22. The highest BCUT2D eigenvalue weighted by molar-refractivity contribution is 6.99. The smallest absolute Gasteiger partial charge is 0.256 e. The summed E-state index contributed by atoms with van der Waals surface area (Å²) in [5.41, 5.74) is 14.3. The number of benzene rings is 8. The first-order valence-electron chi connectivity index (χ1n) is 21.4. The SMILES string of the molecule is CC(C)(C)c1ccc(N2c3cc(C(C)(C)C)ccc3B3c4cc(C(C)(C)C)ccc4Oc4cc(N(c5ccc6ccccc6c5)c5ccc6ccccc6c5)cc2c43)cc1. The van der Waals surface area contributed by atoms with Crippen molar-refractivity contribution in [3.8, 4) is 11.5 Å². The lowest BCUT2D eigenvalue weighted by molar-refractivity contribution is 0.486. The maximum Gasteiger partial charge on any atom is 0.256 e. The van der Waals surface area contributed by atoms with Gasteiger partial charge in [0.1, 0.15) is 11.5 Å². The molecule has 0 saturated heterocycles. The zero-order valence-electron chi connectivity index (χ0n) is 36.4. The van der Waals surface area contributed by atoms with Crippen LogP contribution in [-0.2, 0) is 16.2 Å². The van der Waals surface area contributed by atoms with Gasteiger partial charge in [-0.25, -0.2) is 0 Å². The first kappa shape index (κ1) is 38.0. The highest BCUT2D eigenvalue weighted by Crippen LogP contribution is 2.47. The molecular formula is C56H53BN2O. The topological polar surface area (TPSA) is 15.7 Å². The number of rotatable bonds is 4. The minimum Gasteiger partial charge on any atom is -0.458 e. The summed E-state index contributed by atoms with van der Waals surface area (Å²) in [6.07, 6.45) is 0. The number of ether oxygens (including phenoxy) is 1. The van der Waals surface area contributed by atoms with E-state index in [1.165, 1.54) is 60.3 Å². The third-order valence-electron chi connectivity index (χ3n) is 12.7. The lowest BCUT2D eigenvalue weighted by atomic mass is 9.34. The summed E-state index contributed by atoms with van der Waals surface area (Å²) in [6.45, 7) is 20.7. The Hall–Kier alpha value is -6.26. The third kappa shape index (κ3) is 6.45. The standard InChI is InChI=1S/C56H53BN2O/c1-54(2,3)40-20-26-43(27-21-40)59-49-33-42(56(7,8)9)22-28-47(49)57-48-32-41(55(4,5)6)23-29-51(48)60-52-35-46(34-50(59)53(52)57)58(44-24-18-36-14-10-12-16-38(36)30-44)45-25-19-37-15-11-13-17-39(37)31-45/h10-35H,1-9H3. The molecule has 0 radical (unpaired) electrons. The van der Waals surface area contributed by atoms with E-state index in [9.17, 15) is 0 Å². The number of anilines is 6. The summed E-state index contributed by atoms with van der Waals surface area (Å²) >= 11 is 0. The molecule has 0 unspecified atom stereocenters. The van der Waals surface area contributed by atoms with Gasteiger partial charge >= 0.3 is 0 Å². The molecular weight excluding hydrogens is 727 g/mol. The third-order valence-corrected chi connectivity index (χ3v) is 12.7. The molecule has 0 atom stereocenters. The second-order valence-corrected chi connectivity index (χ2v) is 20.0. The quantitative estimate of drug-likeness (QED) is 0.165. The largest absolute Gasteiger partial charge is 0.458 e. The maximum atomic E-state index is 7.18. The first-order chi connectivity index (χ1) is 28.6. The highest BCUT2D eigenvalue weighted by Gasteiger charge is 2.43. The lowest BCUT2D eigenvalue weighted by Gasteiger charge is -2.42. The summed E-state index contributed by atoms with van der Waals surface area (Å²) in [5.74, 6) is 1.80. The lowest BCUT2D eigenvalue weighted by Crippen LogP contribution is -2.59. The van der Waals surface area contributed by atoms with Crippen LogP contribution in [0.5, 0.6) is 11.5 Å². The molecule has 4 heteroatoms. The van der Waals surface area contributed by atoms with Crippen LogP contribution in [0.1, 0.15) is 79.0 Å². The van der Waals surface area contributed by atoms with Gasteiger partial charge in [-0.15, -0.1) is 0 Å². The van der Waals surface area contributed by atoms with Crippen LogP contribution in [0.2, 0.25) is 0 Å². The van der Waals surface area contributed by atoms with Crippen LogP contribution in [0.25, 0.3) is 21.5 Å². The number of hydrogen-bond acceptors (Lipinski definition) is 3. The van der Waals surface area contributed by atoms with Crippen LogP contribution < -0.4 is 30.9 Å². The van der Waals surface area contributed by atoms with E-state index in [2.05, 4.69) is 230 Å². The van der Waals surface area contributed by atoms with Crippen molar-refractivity contribution < 1.29 is 4.74 Å². The van der Waals surface area contributed by atoms with Crippen molar-refractivity contribution >= 4 is 78.8 Å². The second-order valence-electron chi connectivity index (χ2n) is 20.0. The van der Waals surface area contributed by atoms with E-state index in [1.807, 2.05) is 0 Å². The van der Waals surface area contributed by atoms with E-state index in [0.29, 0.717) is 0 Å². The Morgan fingerprint density at radius 2 is 0.950 bits per heavy atom. The molecule has 296 valence electrons. The van der Waals surface area contributed by atoms with Gasteiger partial charge in [0.25, 0.3) is 6.71 Å². The van der Waals surface area contributed by atoms with Crippen LogP contribution >= 0.6 is 0 Å². The van der Waals surface area contributed by atoms with Crippen LogP contribution in [-0.4, -0.2) is 6.71 Å². The van der Waals surface area contributed by atoms with Crippen LogP contribution in [0.3, 0.4) is 0 Å². The van der Waals surface area contributed by atoms with Crippen molar-refractivity contribution in [3.05, 3.63) is 174 Å². The molecule has 60 heavy (non-hydrogen) atoms. The fourth-order valence-corrected chi connectivity index (χ4v) is 9.26. The van der Waals surface area contributed by atoms with Crippen molar-refractivity contribution in [2.45, 2.75) is 78.6 Å². The average molecular weight is 781 g/mol. The van der Waals surface area contributed by atoms with Crippen molar-refractivity contribution in [2.75, 3.05) is 9.80 Å². The molecule has 0 aliphatic carbocycles. The molecule has 0 saturated carbocycles.